The van der Waals surface area contributed by atoms with Crippen LogP contribution in [0.2, 0.25) is 0 Å². The van der Waals surface area contributed by atoms with Gasteiger partial charge in [-0.3, -0.25) is 0 Å². The van der Waals surface area contributed by atoms with Crippen molar-refractivity contribution in [2.45, 2.75) is 39.7 Å². The molecule has 2 heterocycles. The topological polar surface area (TPSA) is 107 Å². The average Bonchev–Trinajstić information content (AvgIpc) is 2.97. The lowest BCUT2D eigenvalue weighted by Gasteiger charge is -2.00. The minimum Gasteiger partial charge on any atom is -0.476 e. The molecule has 2 aromatic heterocycles. The van der Waals surface area contributed by atoms with Gasteiger partial charge in [-0.1, -0.05) is 24.2 Å². The summed E-state index contributed by atoms with van der Waals surface area (Å²) in [7, 11) is 0. The minimum absolute atomic E-state index is 0.0280. The molecular formula is C11H15N5O3. The van der Waals surface area contributed by atoms with Crippen LogP contribution in [0.4, 0.5) is 0 Å². The smallest absolute Gasteiger partial charge is 0.358 e. The van der Waals surface area contributed by atoms with Crippen LogP contribution in [0.1, 0.15) is 48.2 Å². The van der Waals surface area contributed by atoms with Gasteiger partial charge in [-0.25, -0.2) is 9.48 Å². The van der Waals surface area contributed by atoms with Crippen LogP contribution in [-0.2, 0) is 19.4 Å². The summed E-state index contributed by atoms with van der Waals surface area (Å²) in [6.07, 6.45) is 2.17. The third kappa shape index (κ3) is 2.78. The van der Waals surface area contributed by atoms with Gasteiger partial charge in [0.05, 0.1) is 5.69 Å². The number of carboxylic acids is 1. The average molecular weight is 265 g/mol. The summed E-state index contributed by atoms with van der Waals surface area (Å²) in [5, 5.41) is 20.3. The van der Waals surface area contributed by atoms with Crippen molar-refractivity contribution >= 4 is 5.97 Å². The van der Waals surface area contributed by atoms with E-state index < -0.39 is 5.97 Å². The molecule has 0 amide bonds. The zero-order valence-corrected chi connectivity index (χ0v) is 10.8. The van der Waals surface area contributed by atoms with Gasteiger partial charge in [0.1, 0.15) is 6.54 Å². The van der Waals surface area contributed by atoms with Crippen molar-refractivity contribution in [1.82, 2.24) is 25.1 Å². The lowest BCUT2D eigenvalue weighted by molar-refractivity contribution is 0.0689. The van der Waals surface area contributed by atoms with Gasteiger partial charge in [0, 0.05) is 6.42 Å². The van der Waals surface area contributed by atoms with Crippen LogP contribution < -0.4 is 0 Å². The summed E-state index contributed by atoms with van der Waals surface area (Å²) in [5.41, 5.74) is 0.522. The van der Waals surface area contributed by atoms with E-state index >= 15 is 0 Å². The lowest BCUT2D eigenvalue weighted by Crippen LogP contribution is -2.09. The highest BCUT2D eigenvalue weighted by Crippen LogP contribution is 2.09. The van der Waals surface area contributed by atoms with E-state index in [9.17, 15) is 4.79 Å². The van der Waals surface area contributed by atoms with E-state index in [4.69, 9.17) is 9.63 Å². The van der Waals surface area contributed by atoms with Gasteiger partial charge in [0.2, 0.25) is 5.89 Å². The first-order valence-corrected chi connectivity index (χ1v) is 6.12. The predicted molar refractivity (Wildman–Crippen MR) is 63.8 cm³/mol. The Morgan fingerprint density at radius 1 is 1.42 bits per heavy atom. The molecule has 8 nitrogen and oxygen atoms in total. The number of hydrogen-bond donors (Lipinski definition) is 1. The van der Waals surface area contributed by atoms with Crippen LogP contribution in [0.3, 0.4) is 0 Å². The van der Waals surface area contributed by atoms with Gasteiger partial charge >= 0.3 is 5.97 Å². The largest absolute Gasteiger partial charge is 0.476 e. The van der Waals surface area contributed by atoms with Gasteiger partial charge in [-0.15, -0.1) is 5.10 Å². The molecule has 0 atom stereocenters. The maximum Gasteiger partial charge on any atom is 0.358 e. The minimum atomic E-state index is -1.08. The number of aromatic carboxylic acids is 1. The van der Waals surface area contributed by atoms with E-state index in [0.29, 0.717) is 23.8 Å². The number of hydrogen-bond acceptors (Lipinski definition) is 6. The molecule has 0 aliphatic heterocycles. The highest BCUT2D eigenvalue weighted by Gasteiger charge is 2.18. The van der Waals surface area contributed by atoms with Crippen molar-refractivity contribution in [1.29, 1.82) is 0 Å². The van der Waals surface area contributed by atoms with Crippen molar-refractivity contribution in [2.24, 2.45) is 0 Å². The number of carbonyl (C=O) groups is 1. The van der Waals surface area contributed by atoms with Crippen LogP contribution in [0, 0.1) is 0 Å². The maximum absolute atomic E-state index is 11.0. The second-order valence-corrected chi connectivity index (χ2v) is 4.06. The molecule has 0 aliphatic rings. The lowest BCUT2D eigenvalue weighted by atomic mass is 10.2. The van der Waals surface area contributed by atoms with Crippen LogP contribution in [0.15, 0.2) is 4.52 Å². The first-order valence-electron chi connectivity index (χ1n) is 6.12. The van der Waals surface area contributed by atoms with Crippen LogP contribution in [-0.4, -0.2) is 36.2 Å². The maximum atomic E-state index is 11.0. The van der Waals surface area contributed by atoms with E-state index in [0.717, 1.165) is 12.8 Å². The third-order valence-electron chi connectivity index (χ3n) is 2.64. The summed E-state index contributed by atoms with van der Waals surface area (Å²) in [5.74, 6) is -0.0306. The molecule has 0 saturated heterocycles. The molecule has 1 N–H and O–H groups in total. The van der Waals surface area contributed by atoms with Crippen molar-refractivity contribution in [3.63, 3.8) is 0 Å². The molecule has 102 valence electrons. The van der Waals surface area contributed by atoms with Crippen LogP contribution >= 0.6 is 0 Å². The van der Waals surface area contributed by atoms with E-state index in [2.05, 4.69) is 20.5 Å². The van der Waals surface area contributed by atoms with Gasteiger partial charge in [0.15, 0.2) is 11.5 Å². The molecule has 0 saturated carbocycles. The Bertz CT molecular complexity index is 575. The van der Waals surface area contributed by atoms with Crippen LogP contribution in [0.25, 0.3) is 0 Å². The van der Waals surface area contributed by atoms with Crippen molar-refractivity contribution < 1.29 is 14.4 Å². The van der Waals surface area contributed by atoms with E-state index in [1.807, 2.05) is 13.8 Å². The summed E-state index contributed by atoms with van der Waals surface area (Å²) in [6, 6.07) is 0. The zero-order chi connectivity index (χ0) is 13.8. The number of nitrogens with zero attached hydrogens (tertiary/aromatic N) is 5. The van der Waals surface area contributed by atoms with Gasteiger partial charge < -0.3 is 9.63 Å². The summed E-state index contributed by atoms with van der Waals surface area (Å²) >= 11 is 0. The second-order valence-electron chi connectivity index (χ2n) is 4.06. The Morgan fingerprint density at radius 2 is 2.21 bits per heavy atom. The van der Waals surface area contributed by atoms with Crippen molar-refractivity contribution in [3.05, 3.63) is 23.1 Å². The first-order chi connectivity index (χ1) is 9.15. The standard InChI is InChI=1S/C11H15N5O3/c1-3-5-9-12-8(14-19-9)6-16-7(4-2)10(11(17)18)13-15-16/h3-6H2,1-2H3,(H,17,18). The summed E-state index contributed by atoms with van der Waals surface area (Å²) < 4.78 is 6.56. The first kappa shape index (κ1) is 13.2. The fourth-order valence-corrected chi connectivity index (χ4v) is 1.78. The molecule has 0 aromatic carbocycles. The quantitative estimate of drug-likeness (QED) is 0.827. The Labute approximate surface area is 109 Å². The monoisotopic (exact) mass is 265 g/mol. The van der Waals surface area contributed by atoms with E-state index in [1.54, 1.807) is 0 Å². The highest BCUT2D eigenvalue weighted by molar-refractivity contribution is 5.86. The number of aromatic nitrogens is 5. The molecule has 0 bridgehead atoms. The zero-order valence-electron chi connectivity index (χ0n) is 10.8. The van der Waals surface area contributed by atoms with Crippen molar-refractivity contribution in [3.8, 4) is 0 Å². The third-order valence-corrected chi connectivity index (χ3v) is 2.64. The molecule has 0 aliphatic carbocycles. The molecule has 2 rings (SSSR count). The number of carboxylic acid groups (broad SMARTS) is 1. The molecule has 2 aromatic rings. The Kier molecular flexibility index (Phi) is 3.88. The summed E-state index contributed by atoms with van der Waals surface area (Å²) in [4.78, 5) is 15.2. The van der Waals surface area contributed by atoms with Gasteiger partial charge in [0.25, 0.3) is 0 Å². The number of rotatable bonds is 6. The fraction of sp³-hybridized carbons (Fsp3) is 0.545. The normalized spacial score (nSPS) is 10.8. The van der Waals surface area contributed by atoms with E-state index in [-0.39, 0.29) is 12.2 Å². The number of aryl methyl sites for hydroxylation is 1. The van der Waals surface area contributed by atoms with Gasteiger partial charge in [-0.2, -0.15) is 4.98 Å². The molecular weight excluding hydrogens is 250 g/mol. The second kappa shape index (κ2) is 5.59. The molecule has 19 heavy (non-hydrogen) atoms. The summed E-state index contributed by atoms with van der Waals surface area (Å²) in [6.45, 7) is 4.13. The SMILES string of the molecule is CCCc1nc(Cn2nnc(C(=O)O)c2CC)no1. The molecule has 0 unspecified atom stereocenters. The van der Waals surface area contributed by atoms with Gasteiger partial charge in [-0.05, 0) is 12.8 Å². The molecule has 0 radical (unpaired) electrons. The molecule has 0 fully saturated rings. The molecule has 0 spiro atoms. The van der Waals surface area contributed by atoms with Crippen LogP contribution in [0.5, 0.6) is 0 Å². The van der Waals surface area contributed by atoms with Crippen molar-refractivity contribution in [2.75, 3.05) is 0 Å². The Morgan fingerprint density at radius 3 is 2.84 bits per heavy atom. The molecule has 8 heteroatoms. The Balaban J connectivity index is 2.20. The highest BCUT2D eigenvalue weighted by atomic mass is 16.5. The predicted octanol–water partition coefficient (Wildman–Crippen LogP) is 0.922. The van der Waals surface area contributed by atoms with E-state index in [1.165, 1.54) is 4.68 Å². The fourth-order valence-electron chi connectivity index (χ4n) is 1.78. The Hall–Kier alpha value is -2.25.